The molecule has 0 aromatic heterocycles. The number of benzene rings is 3. The molecule has 0 bridgehead atoms. The molecule has 1 aliphatic heterocycles. The zero-order chi connectivity index (χ0) is 21.8. The van der Waals surface area contributed by atoms with Crippen molar-refractivity contribution in [3.63, 3.8) is 0 Å². The van der Waals surface area contributed by atoms with Gasteiger partial charge in [0.1, 0.15) is 6.04 Å². The van der Waals surface area contributed by atoms with Gasteiger partial charge in [-0.1, -0.05) is 48.5 Å². The summed E-state index contributed by atoms with van der Waals surface area (Å²) in [6.45, 7) is 0.645. The van der Waals surface area contributed by atoms with E-state index in [0.717, 1.165) is 29.8 Å². The minimum absolute atomic E-state index is 0.114. The molecule has 1 atom stereocenters. The Kier molecular flexibility index (Phi) is 6.03. The molecule has 5 nitrogen and oxygen atoms in total. The van der Waals surface area contributed by atoms with Gasteiger partial charge in [-0.15, -0.1) is 0 Å². The highest BCUT2D eigenvalue weighted by Crippen LogP contribution is 2.29. The van der Waals surface area contributed by atoms with E-state index in [1.807, 2.05) is 84.6 Å². The Morgan fingerprint density at radius 3 is 2.29 bits per heavy atom. The van der Waals surface area contributed by atoms with Crippen molar-refractivity contribution < 1.29 is 9.59 Å². The van der Waals surface area contributed by atoms with Crippen LogP contribution < -0.4 is 15.1 Å². The number of hydrogen-bond acceptors (Lipinski definition) is 3. The van der Waals surface area contributed by atoms with E-state index in [1.165, 1.54) is 5.56 Å². The molecule has 3 aromatic rings. The zero-order valence-electron chi connectivity index (χ0n) is 17.9. The average Bonchev–Trinajstić information content (AvgIpc) is 2.82. The summed E-state index contributed by atoms with van der Waals surface area (Å²) in [5, 5.41) is 2.98. The van der Waals surface area contributed by atoms with Crippen LogP contribution in [0.15, 0.2) is 78.9 Å². The van der Waals surface area contributed by atoms with Crippen molar-refractivity contribution in [2.24, 2.45) is 0 Å². The van der Waals surface area contributed by atoms with Crippen molar-refractivity contribution in [2.45, 2.75) is 18.9 Å². The van der Waals surface area contributed by atoms with E-state index in [0.29, 0.717) is 12.1 Å². The van der Waals surface area contributed by atoms with E-state index in [9.17, 15) is 9.59 Å². The van der Waals surface area contributed by atoms with E-state index < -0.39 is 6.04 Å². The number of fused-ring (bicyclic) bond motifs is 1. The summed E-state index contributed by atoms with van der Waals surface area (Å²) >= 11 is 0. The molecule has 1 aliphatic rings. The van der Waals surface area contributed by atoms with Crippen LogP contribution in [0.3, 0.4) is 0 Å². The molecule has 3 aromatic carbocycles. The van der Waals surface area contributed by atoms with E-state index >= 15 is 0 Å². The largest absolute Gasteiger partial charge is 0.378 e. The molecule has 4 rings (SSSR count). The molecule has 0 saturated heterocycles. The van der Waals surface area contributed by atoms with E-state index in [1.54, 1.807) is 12.1 Å². The molecule has 0 fully saturated rings. The summed E-state index contributed by atoms with van der Waals surface area (Å²) in [5.74, 6) is -0.380. The van der Waals surface area contributed by atoms with Gasteiger partial charge in [0.15, 0.2) is 0 Å². The number of carbonyl (C=O) groups excluding carboxylic acids is 2. The van der Waals surface area contributed by atoms with E-state index in [-0.39, 0.29) is 11.8 Å². The van der Waals surface area contributed by atoms with Crippen LogP contribution in [-0.2, 0) is 11.2 Å². The number of nitrogens with zero attached hydrogens (tertiary/aromatic N) is 2. The molecule has 0 unspecified atom stereocenters. The molecule has 31 heavy (non-hydrogen) atoms. The summed E-state index contributed by atoms with van der Waals surface area (Å²) in [6, 6.07) is 24.1. The minimum atomic E-state index is -0.756. The number of hydrogen-bond donors (Lipinski definition) is 1. The monoisotopic (exact) mass is 413 g/mol. The normalized spacial score (nSPS) is 13.8. The van der Waals surface area contributed by atoms with Gasteiger partial charge in [0, 0.05) is 37.6 Å². The minimum Gasteiger partial charge on any atom is -0.378 e. The summed E-state index contributed by atoms with van der Waals surface area (Å²) in [5.41, 5.74) is 4.41. The quantitative estimate of drug-likeness (QED) is 0.682. The van der Waals surface area contributed by atoms with Crippen LogP contribution in [0.5, 0.6) is 0 Å². The Balaban J connectivity index is 1.63. The number of anilines is 2. The molecule has 2 amide bonds. The fourth-order valence-corrected chi connectivity index (χ4v) is 3.98. The van der Waals surface area contributed by atoms with Gasteiger partial charge in [0.2, 0.25) is 0 Å². The Morgan fingerprint density at radius 1 is 0.903 bits per heavy atom. The van der Waals surface area contributed by atoms with Gasteiger partial charge in [-0.05, 0) is 54.3 Å². The molecular formula is C26H27N3O2. The number of nitrogens with one attached hydrogen (secondary N) is 1. The summed E-state index contributed by atoms with van der Waals surface area (Å²) < 4.78 is 0. The third-order valence-corrected chi connectivity index (χ3v) is 5.68. The van der Waals surface area contributed by atoms with Crippen LogP contribution in [-0.4, -0.2) is 32.5 Å². The molecule has 1 heterocycles. The third kappa shape index (κ3) is 4.45. The first-order valence-corrected chi connectivity index (χ1v) is 10.6. The Hall–Kier alpha value is -3.60. The number of amides is 2. The van der Waals surface area contributed by atoms with Crippen LogP contribution >= 0.6 is 0 Å². The fourth-order valence-electron chi connectivity index (χ4n) is 3.98. The topological polar surface area (TPSA) is 52.7 Å². The second-order valence-electron chi connectivity index (χ2n) is 7.98. The van der Waals surface area contributed by atoms with Crippen molar-refractivity contribution in [3.05, 3.63) is 95.6 Å². The predicted octanol–water partition coefficient (Wildman–Crippen LogP) is 4.20. The first-order chi connectivity index (χ1) is 15.0. The first-order valence-electron chi connectivity index (χ1n) is 10.6. The maximum atomic E-state index is 13.7. The van der Waals surface area contributed by atoms with Crippen LogP contribution in [0.1, 0.15) is 33.9 Å². The second kappa shape index (κ2) is 9.04. The van der Waals surface area contributed by atoms with Gasteiger partial charge < -0.3 is 15.1 Å². The van der Waals surface area contributed by atoms with E-state index in [4.69, 9.17) is 0 Å². The van der Waals surface area contributed by atoms with Crippen LogP contribution in [0, 0.1) is 0 Å². The number of rotatable bonds is 5. The molecule has 1 N–H and O–H groups in total. The van der Waals surface area contributed by atoms with E-state index in [2.05, 4.69) is 11.4 Å². The Morgan fingerprint density at radius 2 is 1.58 bits per heavy atom. The van der Waals surface area contributed by atoms with Gasteiger partial charge >= 0.3 is 0 Å². The average molecular weight is 414 g/mol. The molecule has 0 aliphatic carbocycles. The van der Waals surface area contributed by atoms with Gasteiger partial charge in [-0.25, -0.2) is 0 Å². The van der Waals surface area contributed by atoms with Crippen LogP contribution in [0.25, 0.3) is 0 Å². The smallest absolute Gasteiger partial charge is 0.254 e. The predicted molar refractivity (Wildman–Crippen MR) is 125 cm³/mol. The molecular weight excluding hydrogens is 386 g/mol. The summed E-state index contributed by atoms with van der Waals surface area (Å²) in [4.78, 5) is 30.5. The summed E-state index contributed by atoms with van der Waals surface area (Å²) in [6.07, 6.45) is 1.87. The molecule has 0 spiro atoms. The van der Waals surface area contributed by atoms with Crippen molar-refractivity contribution in [1.82, 2.24) is 5.32 Å². The second-order valence-corrected chi connectivity index (χ2v) is 7.98. The molecule has 0 radical (unpaired) electrons. The van der Waals surface area contributed by atoms with Gasteiger partial charge in [-0.2, -0.15) is 0 Å². The Labute approximate surface area is 183 Å². The van der Waals surface area contributed by atoms with Crippen LogP contribution in [0.2, 0.25) is 0 Å². The maximum Gasteiger partial charge on any atom is 0.254 e. The highest BCUT2D eigenvalue weighted by atomic mass is 16.2. The Bertz CT molecular complexity index is 1060. The summed E-state index contributed by atoms with van der Waals surface area (Å²) in [7, 11) is 3.91. The number of para-hydroxylation sites is 1. The standard InChI is InChI=1S/C26H27N3O2/c1-28(2)22-16-14-21(15-17-22)25(30)27-24(20-10-4-3-5-11-20)26(31)29-18-8-12-19-9-6-7-13-23(19)29/h3-7,9-11,13-17,24H,8,12,18H2,1-2H3,(H,27,30)/t24-/m1/s1. The lowest BCUT2D eigenvalue weighted by Gasteiger charge is -2.32. The molecule has 158 valence electrons. The van der Waals surface area contributed by atoms with Crippen molar-refractivity contribution >= 4 is 23.2 Å². The highest BCUT2D eigenvalue weighted by molar-refractivity contribution is 6.03. The maximum absolute atomic E-state index is 13.7. The number of aryl methyl sites for hydroxylation is 1. The first kappa shape index (κ1) is 20.7. The third-order valence-electron chi connectivity index (χ3n) is 5.68. The number of carbonyl (C=O) groups is 2. The van der Waals surface area contributed by atoms with Crippen molar-refractivity contribution in [2.75, 3.05) is 30.4 Å². The van der Waals surface area contributed by atoms with Crippen LogP contribution in [0.4, 0.5) is 11.4 Å². The van der Waals surface area contributed by atoms with Gasteiger partial charge in [0.05, 0.1) is 0 Å². The lowest BCUT2D eigenvalue weighted by Crippen LogP contribution is -2.45. The van der Waals surface area contributed by atoms with Crippen molar-refractivity contribution in [3.8, 4) is 0 Å². The zero-order valence-corrected chi connectivity index (χ0v) is 17.9. The molecule has 5 heteroatoms. The van der Waals surface area contributed by atoms with Crippen molar-refractivity contribution in [1.29, 1.82) is 0 Å². The highest BCUT2D eigenvalue weighted by Gasteiger charge is 2.31. The molecule has 0 saturated carbocycles. The SMILES string of the molecule is CN(C)c1ccc(C(=O)N[C@@H](C(=O)N2CCCc3ccccc32)c2ccccc2)cc1. The fraction of sp³-hybridized carbons (Fsp3) is 0.231. The lowest BCUT2D eigenvalue weighted by atomic mass is 9.99. The lowest BCUT2D eigenvalue weighted by molar-refractivity contribution is -0.120. The van der Waals surface area contributed by atoms with Gasteiger partial charge in [-0.3, -0.25) is 9.59 Å². The van der Waals surface area contributed by atoms with Gasteiger partial charge in [0.25, 0.3) is 11.8 Å².